The van der Waals surface area contributed by atoms with Crippen molar-refractivity contribution in [2.45, 2.75) is 19.1 Å². The fraction of sp³-hybridized carbons (Fsp3) is 0.333. The molecule has 0 unspecified atom stereocenters. The molecular formula is C9H10O3. The number of hydrogen-bond acceptors (Lipinski definition) is 3. The first-order chi connectivity index (χ1) is 5.79. The first-order valence-corrected chi connectivity index (χ1v) is 3.89. The molecule has 2 rings (SSSR count). The van der Waals surface area contributed by atoms with E-state index in [4.69, 9.17) is 14.9 Å². The molecule has 0 fully saturated rings. The van der Waals surface area contributed by atoms with Gasteiger partial charge in [0.05, 0.1) is 12.5 Å². The van der Waals surface area contributed by atoms with Crippen LogP contribution in [0.15, 0.2) is 35.3 Å². The fourth-order valence-corrected chi connectivity index (χ4v) is 1.58. The summed E-state index contributed by atoms with van der Waals surface area (Å²) in [5.41, 5.74) is 2.68. The van der Waals surface area contributed by atoms with Gasteiger partial charge in [-0.2, -0.15) is 0 Å². The molecule has 0 radical (unpaired) electrons. The van der Waals surface area contributed by atoms with Gasteiger partial charge in [-0.15, -0.1) is 0 Å². The van der Waals surface area contributed by atoms with Crippen LogP contribution in [0.5, 0.6) is 0 Å². The van der Waals surface area contributed by atoms with E-state index >= 15 is 0 Å². The van der Waals surface area contributed by atoms with Crippen LogP contribution in [0.4, 0.5) is 0 Å². The van der Waals surface area contributed by atoms with Gasteiger partial charge < -0.3 is 14.9 Å². The number of fused-ring (bicyclic) bond motifs is 1. The normalized spacial score (nSPS) is 21.1. The van der Waals surface area contributed by atoms with Crippen LogP contribution in [0.25, 0.3) is 0 Å². The van der Waals surface area contributed by atoms with E-state index in [-0.39, 0.29) is 0 Å². The standard InChI is InChI=1S/C9H10O3/c10-9(11)8-2-1-6-5-12-4-3-7(6)8/h3-5,9-11H,1-2H2. The first kappa shape index (κ1) is 7.58. The minimum absolute atomic E-state index is 0.695. The molecule has 0 spiro atoms. The molecule has 12 heavy (non-hydrogen) atoms. The van der Waals surface area contributed by atoms with Gasteiger partial charge >= 0.3 is 0 Å². The van der Waals surface area contributed by atoms with Crippen molar-refractivity contribution in [2.24, 2.45) is 0 Å². The van der Waals surface area contributed by atoms with E-state index in [9.17, 15) is 0 Å². The van der Waals surface area contributed by atoms with Gasteiger partial charge in [0.2, 0.25) is 0 Å². The SMILES string of the molecule is OC(O)C1=C2C=COC=C2CC1. The number of aliphatic hydroxyl groups is 2. The minimum atomic E-state index is -1.33. The highest BCUT2D eigenvalue weighted by Gasteiger charge is 2.23. The average molecular weight is 166 g/mol. The second-order valence-electron chi connectivity index (χ2n) is 2.89. The van der Waals surface area contributed by atoms with Crippen LogP contribution in [0.2, 0.25) is 0 Å². The molecule has 0 saturated heterocycles. The van der Waals surface area contributed by atoms with E-state index < -0.39 is 6.29 Å². The lowest BCUT2D eigenvalue weighted by molar-refractivity contribution is -0.00974. The molecule has 0 aromatic carbocycles. The Morgan fingerprint density at radius 1 is 1.33 bits per heavy atom. The number of hydrogen-bond donors (Lipinski definition) is 2. The van der Waals surface area contributed by atoms with Crippen molar-refractivity contribution in [3.05, 3.63) is 35.3 Å². The molecule has 3 nitrogen and oxygen atoms in total. The topological polar surface area (TPSA) is 49.7 Å². The molecule has 64 valence electrons. The van der Waals surface area contributed by atoms with E-state index in [0.29, 0.717) is 12.0 Å². The summed E-state index contributed by atoms with van der Waals surface area (Å²) in [6.07, 6.45) is 5.21. The van der Waals surface area contributed by atoms with Crippen molar-refractivity contribution in [1.29, 1.82) is 0 Å². The van der Waals surface area contributed by atoms with Gasteiger partial charge in [-0.05, 0) is 35.6 Å². The van der Waals surface area contributed by atoms with Crippen molar-refractivity contribution < 1.29 is 14.9 Å². The lowest BCUT2D eigenvalue weighted by Crippen LogP contribution is -2.08. The maximum Gasteiger partial charge on any atom is 0.175 e. The molecule has 0 atom stereocenters. The maximum atomic E-state index is 8.99. The van der Waals surface area contributed by atoms with Gasteiger partial charge in [-0.3, -0.25) is 0 Å². The zero-order valence-corrected chi connectivity index (χ0v) is 6.53. The number of ether oxygens (including phenoxy) is 1. The average Bonchev–Trinajstić information content (AvgIpc) is 2.47. The summed E-state index contributed by atoms with van der Waals surface area (Å²) in [6.45, 7) is 0. The third-order valence-electron chi connectivity index (χ3n) is 2.19. The molecule has 0 aromatic heterocycles. The van der Waals surface area contributed by atoms with Gasteiger partial charge in [0.15, 0.2) is 6.29 Å². The smallest absolute Gasteiger partial charge is 0.175 e. The van der Waals surface area contributed by atoms with Gasteiger partial charge in [0.25, 0.3) is 0 Å². The van der Waals surface area contributed by atoms with Gasteiger partial charge in [-0.1, -0.05) is 0 Å². The number of rotatable bonds is 1. The molecular weight excluding hydrogens is 156 g/mol. The zero-order valence-electron chi connectivity index (χ0n) is 6.53. The quantitative estimate of drug-likeness (QED) is 0.567. The number of allylic oxidation sites excluding steroid dienone is 3. The zero-order chi connectivity index (χ0) is 8.55. The molecule has 1 heterocycles. The Morgan fingerprint density at radius 3 is 2.92 bits per heavy atom. The Morgan fingerprint density at radius 2 is 2.17 bits per heavy atom. The predicted octanol–water partition coefficient (Wildman–Crippen LogP) is 0.815. The summed E-state index contributed by atoms with van der Waals surface area (Å²) in [4.78, 5) is 0. The highest BCUT2D eigenvalue weighted by molar-refractivity contribution is 5.49. The summed E-state index contributed by atoms with van der Waals surface area (Å²) in [7, 11) is 0. The molecule has 1 aliphatic carbocycles. The lowest BCUT2D eigenvalue weighted by Gasteiger charge is -2.08. The van der Waals surface area contributed by atoms with Crippen LogP contribution in [0.3, 0.4) is 0 Å². The summed E-state index contributed by atoms with van der Waals surface area (Å²) in [5, 5.41) is 18.0. The monoisotopic (exact) mass is 166 g/mol. The number of aliphatic hydroxyl groups excluding tert-OH is 1. The Hall–Kier alpha value is -1.06. The van der Waals surface area contributed by atoms with Crippen molar-refractivity contribution >= 4 is 0 Å². The van der Waals surface area contributed by atoms with Crippen molar-refractivity contribution in [3.63, 3.8) is 0 Å². The van der Waals surface area contributed by atoms with Crippen LogP contribution < -0.4 is 0 Å². The Bertz CT molecular complexity index is 284. The minimum Gasteiger partial charge on any atom is -0.472 e. The molecule has 0 saturated carbocycles. The van der Waals surface area contributed by atoms with E-state index in [0.717, 1.165) is 17.6 Å². The molecule has 0 bridgehead atoms. The Balaban J connectivity index is 2.38. The van der Waals surface area contributed by atoms with Crippen molar-refractivity contribution in [3.8, 4) is 0 Å². The third-order valence-corrected chi connectivity index (χ3v) is 2.19. The second kappa shape index (κ2) is 2.77. The fourth-order valence-electron chi connectivity index (χ4n) is 1.58. The summed E-state index contributed by atoms with van der Waals surface area (Å²) >= 11 is 0. The van der Waals surface area contributed by atoms with Crippen molar-refractivity contribution in [1.82, 2.24) is 0 Å². The van der Waals surface area contributed by atoms with Gasteiger partial charge in [0.1, 0.15) is 0 Å². The third kappa shape index (κ3) is 1.07. The summed E-state index contributed by atoms with van der Waals surface area (Å²) in [5.74, 6) is 0. The molecule has 0 amide bonds. The van der Waals surface area contributed by atoms with Crippen LogP contribution in [0, 0.1) is 0 Å². The molecule has 0 aromatic rings. The summed E-state index contributed by atoms with van der Waals surface area (Å²) in [6, 6.07) is 0. The van der Waals surface area contributed by atoms with Crippen LogP contribution >= 0.6 is 0 Å². The van der Waals surface area contributed by atoms with E-state index in [1.54, 1.807) is 18.6 Å². The predicted molar refractivity (Wildman–Crippen MR) is 42.8 cm³/mol. The van der Waals surface area contributed by atoms with Crippen molar-refractivity contribution in [2.75, 3.05) is 0 Å². The molecule has 2 N–H and O–H groups in total. The maximum absolute atomic E-state index is 8.99. The van der Waals surface area contributed by atoms with E-state index in [1.165, 1.54) is 0 Å². The van der Waals surface area contributed by atoms with Crippen LogP contribution in [0.1, 0.15) is 12.8 Å². The molecule has 2 aliphatic rings. The van der Waals surface area contributed by atoms with E-state index in [2.05, 4.69) is 0 Å². The molecule has 3 heteroatoms. The lowest BCUT2D eigenvalue weighted by atomic mass is 10.1. The van der Waals surface area contributed by atoms with Gasteiger partial charge in [0, 0.05) is 0 Å². The first-order valence-electron chi connectivity index (χ1n) is 3.89. The Kier molecular flexibility index (Phi) is 1.75. The Labute approximate surface area is 70.3 Å². The van der Waals surface area contributed by atoms with E-state index in [1.807, 2.05) is 0 Å². The highest BCUT2D eigenvalue weighted by atomic mass is 16.5. The van der Waals surface area contributed by atoms with Gasteiger partial charge in [-0.25, -0.2) is 0 Å². The highest BCUT2D eigenvalue weighted by Crippen LogP contribution is 2.35. The van der Waals surface area contributed by atoms with Crippen LogP contribution in [-0.4, -0.2) is 16.5 Å². The van der Waals surface area contributed by atoms with Crippen LogP contribution in [-0.2, 0) is 4.74 Å². The second-order valence-corrected chi connectivity index (χ2v) is 2.89. The summed E-state index contributed by atoms with van der Waals surface area (Å²) < 4.78 is 4.97. The largest absolute Gasteiger partial charge is 0.472 e. The molecule has 1 aliphatic heterocycles.